The van der Waals surface area contributed by atoms with Crippen molar-refractivity contribution in [2.75, 3.05) is 53.9 Å². The summed E-state index contributed by atoms with van der Waals surface area (Å²) in [5, 5.41) is 1.49. The molecule has 9 nitrogen and oxygen atoms in total. The Hall–Kier alpha value is -2.38. The number of thiazole rings is 1. The summed E-state index contributed by atoms with van der Waals surface area (Å²) in [5.41, 5.74) is 1.96. The van der Waals surface area contributed by atoms with Crippen LogP contribution >= 0.6 is 22.9 Å². The van der Waals surface area contributed by atoms with Crippen molar-refractivity contribution >= 4 is 53.8 Å². The normalized spacial score (nSPS) is 16.8. The Morgan fingerprint density at radius 2 is 1.85 bits per heavy atom. The van der Waals surface area contributed by atoms with Crippen molar-refractivity contribution < 1.29 is 21.6 Å². The number of rotatable bonds is 10. The van der Waals surface area contributed by atoms with Crippen molar-refractivity contribution in [3.63, 3.8) is 0 Å². The van der Waals surface area contributed by atoms with Gasteiger partial charge in [-0.15, -0.1) is 0 Å². The van der Waals surface area contributed by atoms with Crippen molar-refractivity contribution in [3.8, 4) is 16.2 Å². The van der Waals surface area contributed by atoms with Crippen molar-refractivity contribution in [2.24, 2.45) is 0 Å². The fourth-order valence-electron chi connectivity index (χ4n) is 4.60. The molecule has 212 valence electrons. The third kappa shape index (κ3) is 7.23. The Balaban J connectivity index is 1.39. The van der Waals surface area contributed by atoms with E-state index in [1.165, 1.54) is 23.0 Å². The number of anilines is 2. The summed E-state index contributed by atoms with van der Waals surface area (Å²) in [6, 6.07) is 12.6. The van der Waals surface area contributed by atoms with E-state index in [2.05, 4.69) is 28.6 Å². The number of piperazine rings is 1. The summed E-state index contributed by atoms with van der Waals surface area (Å²) in [4.78, 5) is 10.1. The van der Waals surface area contributed by atoms with E-state index in [-0.39, 0.29) is 11.7 Å². The van der Waals surface area contributed by atoms with Crippen LogP contribution in [0.3, 0.4) is 0 Å². The second kappa shape index (κ2) is 12.0. The Morgan fingerprint density at radius 1 is 1.10 bits per heavy atom. The second-order valence-corrected chi connectivity index (χ2v) is 14.9. The summed E-state index contributed by atoms with van der Waals surface area (Å²) < 4.78 is 55.2. The van der Waals surface area contributed by atoms with Gasteiger partial charge in [0.15, 0.2) is 5.13 Å². The van der Waals surface area contributed by atoms with Gasteiger partial charge in [0.1, 0.15) is 12.4 Å². The van der Waals surface area contributed by atoms with Crippen molar-refractivity contribution in [3.05, 3.63) is 59.2 Å². The van der Waals surface area contributed by atoms with Crippen molar-refractivity contribution in [2.45, 2.75) is 26.3 Å². The number of nitrogens with zero attached hydrogens (tertiary/aromatic N) is 4. The van der Waals surface area contributed by atoms with Crippen LogP contribution in [0.25, 0.3) is 10.4 Å². The topological polar surface area (TPSA) is 100 Å². The lowest BCUT2D eigenvalue weighted by Gasteiger charge is -2.39. The molecule has 0 radical (unpaired) electrons. The maximum absolute atomic E-state index is 12.2. The maximum Gasteiger partial charge on any atom is 0.245 e. The highest BCUT2D eigenvalue weighted by molar-refractivity contribution is 8.09. The maximum atomic E-state index is 12.2. The predicted molar refractivity (Wildman–Crippen MR) is 159 cm³/mol. The number of aryl methyl sites for hydroxylation is 1. The number of halogens is 1. The SMILES string of the molecule is CCc1ccc(Cl)c(OCCN2CCN(c3ncc(-c4cccc(N(S(C)(=O)=O)S(C)(=O)=O)c4)s3)C[C@@H]2C)c1. The molecule has 1 fully saturated rings. The molecule has 1 aliphatic heterocycles. The van der Waals surface area contributed by atoms with Crippen LogP contribution in [0, 0.1) is 0 Å². The van der Waals surface area contributed by atoms with Gasteiger partial charge in [0.25, 0.3) is 0 Å². The second-order valence-electron chi connectivity index (χ2n) is 9.58. The predicted octanol–water partition coefficient (Wildman–Crippen LogP) is 4.34. The number of sulfonamides is 2. The Kier molecular flexibility index (Phi) is 9.12. The molecule has 3 aromatic rings. The van der Waals surface area contributed by atoms with E-state index >= 15 is 0 Å². The number of aromatic nitrogens is 1. The zero-order valence-electron chi connectivity index (χ0n) is 22.4. The molecule has 0 N–H and O–H groups in total. The molecule has 1 atom stereocenters. The first-order chi connectivity index (χ1) is 18.4. The van der Waals surface area contributed by atoms with Crippen LogP contribution in [-0.2, 0) is 26.5 Å². The van der Waals surface area contributed by atoms with E-state index in [4.69, 9.17) is 16.3 Å². The minimum absolute atomic E-state index is 0.0691. The fraction of sp³-hybridized carbons (Fsp3) is 0.423. The zero-order valence-corrected chi connectivity index (χ0v) is 25.6. The van der Waals surface area contributed by atoms with Crippen LogP contribution in [0.2, 0.25) is 5.02 Å². The minimum atomic E-state index is -4.02. The summed E-state index contributed by atoms with van der Waals surface area (Å²) in [6.07, 6.45) is 4.41. The average Bonchev–Trinajstić information content (AvgIpc) is 3.35. The number of benzene rings is 2. The number of ether oxygens (including phenoxy) is 1. The highest BCUT2D eigenvalue weighted by Crippen LogP contribution is 2.35. The Labute approximate surface area is 240 Å². The minimum Gasteiger partial charge on any atom is -0.491 e. The first-order valence-corrected chi connectivity index (χ1v) is 17.4. The van der Waals surface area contributed by atoms with Gasteiger partial charge in [-0.25, -0.2) is 21.8 Å². The summed E-state index contributed by atoms with van der Waals surface area (Å²) in [5.74, 6) is 0.720. The lowest BCUT2D eigenvalue weighted by Crippen LogP contribution is -2.52. The van der Waals surface area contributed by atoms with E-state index in [1.54, 1.807) is 18.3 Å². The molecule has 0 amide bonds. The van der Waals surface area contributed by atoms with E-state index < -0.39 is 20.0 Å². The molecular weight excluding hydrogens is 580 g/mol. The van der Waals surface area contributed by atoms with Crippen molar-refractivity contribution in [1.29, 1.82) is 0 Å². The van der Waals surface area contributed by atoms with Gasteiger partial charge in [-0.3, -0.25) is 4.90 Å². The third-order valence-electron chi connectivity index (χ3n) is 6.51. The molecule has 4 rings (SSSR count). The van der Waals surface area contributed by atoms with Gasteiger partial charge in [0.2, 0.25) is 20.0 Å². The van der Waals surface area contributed by atoms with E-state index in [1.807, 2.05) is 24.3 Å². The van der Waals surface area contributed by atoms with Gasteiger partial charge in [-0.05, 0) is 48.7 Å². The molecule has 1 saturated heterocycles. The van der Waals surface area contributed by atoms with Gasteiger partial charge >= 0.3 is 0 Å². The Morgan fingerprint density at radius 3 is 2.51 bits per heavy atom. The van der Waals surface area contributed by atoms with Crippen molar-refractivity contribution in [1.82, 2.24) is 9.88 Å². The quantitative estimate of drug-likeness (QED) is 0.333. The lowest BCUT2D eigenvalue weighted by atomic mass is 10.2. The molecule has 0 spiro atoms. The molecule has 0 saturated carbocycles. The summed E-state index contributed by atoms with van der Waals surface area (Å²) >= 11 is 7.78. The van der Waals surface area contributed by atoms with Crippen LogP contribution in [0.4, 0.5) is 10.8 Å². The van der Waals surface area contributed by atoms with Crippen LogP contribution in [0.1, 0.15) is 19.4 Å². The molecule has 13 heteroatoms. The average molecular weight is 613 g/mol. The molecule has 0 bridgehead atoms. The molecule has 1 aromatic heterocycles. The van der Waals surface area contributed by atoms with E-state index in [0.29, 0.717) is 20.9 Å². The smallest absolute Gasteiger partial charge is 0.245 e. The summed E-state index contributed by atoms with van der Waals surface area (Å²) in [7, 11) is -8.04. The summed E-state index contributed by atoms with van der Waals surface area (Å²) in [6.45, 7) is 8.08. The fourth-order valence-corrected chi connectivity index (χ4v) is 8.68. The first-order valence-electron chi connectivity index (χ1n) is 12.5. The van der Waals surface area contributed by atoms with Gasteiger partial charge < -0.3 is 9.64 Å². The van der Waals surface area contributed by atoms with Crippen LogP contribution in [-0.4, -0.2) is 78.1 Å². The van der Waals surface area contributed by atoms with Gasteiger partial charge in [-0.2, -0.15) is 3.71 Å². The number of hydrogen-bond donors (Lipinski definition) is 0. The zero-order chi connectivity index (χ0) is 28.4. The van der Waals surface area contributed by atoms with Crippen LogP contribution in [0.5, 0.6) is 5.75 Å². The first kappa shape index (κ1) is 29.6. The third-order valence-corrected chi connectivity index (χ3v) is 11.2. The highest BCUT2D eigenvalue weighted by Gasteiger charge is 2.28. The van der Waals surface area contributed by atoms with E-state index in [9.17, 15) is 16.8 Å². The molecule has 0 unspecified atom stereocenters. The monoisotopic (exact) mass is 612 g/mol. The van der Waals surface area contributed by atoms with Crippen LogP contribution in [0.15, 0.2) is 48.7 Å². The molecule has 39 heavy (non-hydrogen) atoms. The highest BCUT2D eigenvalue weighted by atomic mass is 35.5. The molecule has 1 aliphatic rings. The molecular formula is C26H33ClN4O5S3. The number of hydrogen-bond acceptors (Lipinski definition) is 9. The van der Waals surface area contributed by atoms with Gasteiger partial charge in [0, 0.05) is 38.4 Å². The molecule has 2 aromatic carbocycles. The van der Waals surface area contributed by atoms with E-state index in [0.717, 1.165) is 60.9 Å². The largest absolute Gasteiger partial charge is 0.491 e. The van der Waals surface area contributed by atoms with Gasteiger partial charge in [0.05, 0.1) is 28.1 Å². The molecule has 2 heterocycles. The molecule has 0 aliphatic carbocycles. The van der Waals surface area contributed by atoms with Crippen LogP contribution < -0.4 is 13.3 Å². The van der Waals surface area contributed by atoms with Gasteiger partial charge in [-0.1, -0.05) is 48.1 Å². The lowest BCUT2D eigenvalue weighted by molar-refractivity contribution is 0.154. The standard InChI is InChI=1S/C26H33ClN4O5S3/c1-5-20-9-10-23(27)24(15-20)36-14-13-29-11-12-30(18-19(29)2)26-28-17-25(37-26)21-7-6-8-22(16-21)31(38(3,32)33)39(4,34)35/h6-10,15-17,19H,5,11-14,18H2,1-4H3/t19-/m0/s1. The Bertz CT molecular complexity index is 1500.